The first-order valence-electron chi connectivity index (χ1n) is 10.7. The molecule has 0 spiro atoms. The van der Waals surface area contributed by atoms with E-state index in [1.807, 2.05) is 49.4 Å². The monoisotopic (exact) mass is 416 g/mol. The molecule has 0 bridgehead atoms. The molecule has 1 aliphatic rings. The van der Waals surface area contributed by atoms with Crippen molar-refractivity contribution in [1.29, 1.82) is 0 Å². The maximum absolute atomic E-state index is 13.3. The average Bonchev–Trinajstić information content (AvgIpc) is 2.72. The Hall–Kier alpha value is -3.14. The Kier molecular flexibility index (Phi) is 5.34. The molecule has 2 atom stereocenters. The first-order chi connectivity index (χ1) is 14.7. The zero-order chi connectivity index (χ0) is 22.3. The Morgan fingerprint density at radius 2 is 1.71 bits per heavy atom. The summed E-state index contributed by atoms with van der Waals surface area (Å²) in [5.74, 6) is -2.36. The Morgan fingerprint density at radius 1 is 1.00 bits per heavy atom. The van der Waals surface area contributed by atoms with Crippen LogP contribution in [0.4, 0.5) is 0 Å². The van der Waals surface area contributed by atoms with Crippen LogP contribution in [0, 0.1) is 11.8 Å². The van der Waals surface area contributed by atoms with Gasteiger partial charge in [-0.25, -0.2) is 0 Å². The highest BCUT2D eigenvalue weighted by molar-refractivity contribution is 6.08. The van der Waals surface area contributed by atoms with Crippen LogP contribution in [0.1, 0.15) is 46.1 Å². The van der Waals surface area contributed by atoms with Gasteiger partial charge in [-0.2, -0.15) is 0 Å². The van der Waals surface area contributed by atoms with Crippen LogP contribution in [0.25, 0.3) is 21.5 Å². The molecule has 2 unspecified atom stereocenters. The van der Waals surface area contributed by atoms with Crippen molar-refractivity contribution >= 4 is 33.5 Å². The molecule has 4 rings (SSSR count). The second-order valence-electron chi connectivity index (χ2n) is 9.54. The molecule has 0 radical (unpaired) electrons. The lowest BCUT2D eigenvalue weighted by Gasteiger charge is -2.27. The number of carbonyl (C=O) groups excluding carboxylic acids is 1. The molecule has 3 aromatic rings. The Bertz CT molecular complexity index is 1210. The summed E-state index contributed by atoms with van der Waals surface area (Å²) < 4.78 is 6.10. The number of carboxylic acid groups (broad SMARTS) is 1. The number of ether oxygens (including phenoxy) is 1. The molecule has 0 aliphatic heterocycles. The van der Waals surface area contributed by atoms with E-state index in [0.717, 1.165) is 32.7 Å². The van der Waals surface area contributed by atoms with Gasteiger partial charge in [-0.1, -0.05) is 74.9 Å². The van der Waals surface area contributed by atoms with Crippen LogP contribution in [0.3, 0.4) is 0 Å². The maximum atomic E-state index is 13.3. The van der Waals surface area contributed by atoms with Crippen molar-refractivity contribution in [1.82, 2.24) is 0 Å². The van der Waals surface area contributed by atoms with E-state index < -0.39 is 23.8 Å². The molecular formula is C27H28O4. The van der Waals surface area contributed by atoms with Crippen molar-refractivity contribution in [2.75, 3.05) is 0 Å². The minimum atomic E-state index is -0.951. The number of carbonyl (C=O) groups is 2. The van der Waals surface area contributed by atoms with E-state index in [4.69, 9.17) is 4.74 Å². The van der Waals surface area contributed by atoms with Crippen molar-refractivity contribution in [3.05, 3.63) is 65.7 Å². The van der Waals surface area contributed by atoms with E-state index in [1.165, 1.54) is 0 Å². The van der Waals surface area contributed by atoms with Crippen LogP contribution in [-0.4, -0.2) is 17.0 Å². The van der Waals surface area contributed by atoms with Gasteiger partial charge in [0, 0.05) is 10.8 Å². The number of rotatable bonds is 3. The van der Waals surface area contributed by atoms with Gasteiger partial charge in [0.15, 0.2) is 0 Å². The van der Waals surface area contributed by atoms with Gasteiger partial charge >= 0.3 is 11.9 Å². The van der Waals surface area contributed by atoms with Crippen LogP contribution in [-0.2, 0) is 15.0 Å². The molecule has 31 heavy (non-hydrogen) atoms. The molecule has 0 amide bonds. The number of benzene rings is 3. The average molecular weight is 417 g/mol. The predicted octanol–water partition coefficient (Wildman–Crippen LogP) is 6.25. The highest BCUT2D eigenvalue weighted by Crippen LogP contribution is 2.42. The molecule has 3 aromatic carbocycles. The third kappa shape index (κ3) is 3.95. The second kappa shape index (κ2) is 7.84. The Balaban J connectivity index is 1.89. The Morgan fingerprint density at radius 3 is 2.42 bits per heavy atom. The van der Waals surface area contributed by atoms with Crippen LogP contribution in [0.2, 0.25) is 0 Å². The molecule has 0 heterocycles. The zero-order valence-electron chi connectivity index (χ0n) is 18.4. The third-order valence-electron chi connectivity index (χ3n) is 6.22. The SMILES string of the molecule is CC1=CCC(C(=O)Oc2c3ccccc3cc3cccc(C(C)(C)C)c23)C(C(=O)O)C1. The number of aliphatic carboxylic acids is 1. The fraction of sp³-hybridized carbons (Fsp3) is 0.333. The van der Waals surface area contributed by atoms with Gasteiger partial charge in [0.25, 0.3) is 0 Å². The van der Waals surface area contributed by atoms with Gasteiger partial charge < -0.3 is 9.84 Å². The highest BCUT2D eigenvalue weighted by Gasteiger charge is 2.37. The summed E-state index contributed by atoms with van der Waals surface area (Å²) >= 11 is 0. The van der Waals surface area contributed by atoms with Crippen molar-refractivity contribution < 1.29 is 19.4 Å². The second-order valence-corrected chi connectivity index (χ2v) is 9.54. The molecule has 0 fully saturated rings. The van der Waals surface area contributed by atoms with E-state index in [9.17, 15) is 14.7 Å². The van der Waals surface area contributed by atoms with Crippen molar-refractivity contribution in [3.8, 4) is 5.75 Å². The minimum absolute atomic E-state index is 0.155. The zero-order valence-corrected chi connectivity index (χ0v) is 18.4. The molecule has 0 aromatic heterocycles. The standard InChI is InChI=1S/C27H28O4/c1-16-12-13-20(21(14-16)25(28)29)26(30)31-24-19-10-6-5-8-17(19)15-18-9-7-11-22(23(18)24)27(2,3)4/h5-12,15,20-21H,13-14H2,1-4H3,(H,28,29). The van der Waals surface area contributed by atoms with Crippen molar-refractivity contribution in [3.63, 3.8) is 0 Å². The number of esters is 1. The van der Waals surface area contributed by atoms with E-state index >= 15 is 0 Å². The maximum Gasteiger partial charge on any atom is 0.315 e. The van der Waals surface area contributed by atoms with Gasteiger partial charge in [0.2, 0.25) is 0 Å². The fourth-order valence-electron chi connectivity index (χ4n) is 4.57. The number of fused-ring (bicyclic) bond motifs is 2. The van der Waals surface area contributed by atoms with E-state index in [-0.39, 0.29) is 5.41 Å². The van der Waals surface area contributed by atoms with Gasteiger partial charge in [-0.15, -0.1) is 0 Å². The normalized spacial score (nSPS) is 19.3. The summed E-state index contributed by atoms with van der Waals surface area (Å²) in [6.07, 6.45) is 2.71. The van der Waals surface area contributed by atoms with Crippen molar-refractivity contribution in [2.24, 2.45) is 11.8 Å². The summed E-state index contributed by atoms with van der Waals surface area (Å²) in [6.45, 7) is 8.32. The molecule has 1 N–H and O–H groups in total. The lowest BCUT2D eigenvalue weighted by molar-refractivity contribution is -0.152. The van der Waals surface area contributed by atoms with E-state index in [2.05, 4.69) is 32.9 Å². The summed E-state index contributed by atoms with van der Waals surface area (Å²) in [5.41, 5.74) is 1.94. The summed E-state index contributed by atoms with van der Waals surface area (Å²) in [6, 6.07) is 16.1. The lowest BCUT2D eigenvalue weighted by Crippen LogP contribution is -2.34. The first kappa shape index (κ1) is 21.1. The number of allylic oxidation sites excluding steroid dienone is 2. The molecule has 1 aliphatic carbocycles. The molecule has 0 saturated carbocycles. The van der Waals surface area contributed by atoms with E-state index in [1.54, 1.807) is 0 Å². The fourth-order valence-corrected chi connectivity index (χ4v) is 4.57. The molecular weight excluding hydrogens is 388 g/mol. The van der Waals surface area contributed by atoms with Crippen molar-refractivity contribution in [2.45, 2.75) is 46.0 Å². The molecule has 4 nitrogen and oxygen atoms in total. The van der Waals surface area contributed by atoms with Crippen LogP contribution < -0.4 is 4.74 Å². The topological polar surface area (TPSA) is 63.6 Å². The molecule has 160 valence electrons. The number of hydrogen-bond donors (Lipinski definition) is 1. The summed E-state index contributed by atoms with van der Waals surface area (Å²) in [7, 11) is 0. The lowest BCUT2D eigenvalue weighted by atomic mass is 9.80. The van der Waals surface area contributed by atoms with Gasteiger partial charge in [-0.05, 0) is 47.6 Å². The number of hydrogen-bond acceptors (Lipinski definition) is 3. The van der Waals surface area contributed by atoms with Gasteiger partial charge in [0.05, 0.1) is 11.8 Å². The largest absolute Gasteiger partial charge is 0.481 e. The summed E-state index contributed by atoms with van der Waals surface area (Å²) in [5, 5.41) is 13.5. The quantitative estimate of drug-likeness (QED) is 0.237. The van der Waals surface area contributed by atoms with E-state index in [0.29, 0.717) is 18.6 Å². The van der Waals surface area contributed by atoms with Gasteiger partial charge in [0.1, 0.15) is 5.75 Å². The molecule has 0 saturated heterocycles. The molecule has 4 heteroatoms. The van der Waals surface area contributed by atoms with Crippen LogP contribution in [0.5, 0.6) is 5.75 Å². The smallest absolute Gasteiger partial charge is 0.315 e. The van der Waals surface area contributed by atoms with Crippen LogP contribution in [0.15, 0.2) is 60.2 Å². The van der Waals surface area contributed by atoms with Gasteiger partial charge in [-0.3, -0.25) is 9.59 Å². The first-order valence-corrected chi connectivity index (χ1v) is 10.7. The minimum Gasteiger partial charge on any atom is -0.481 e. The Labute approximate surface area is 182 Å². The summed E-state index contributed by atoms with van der Waals surface area (Å²) in [4.78, 5) is 25.2. The van der Waals surface area contributed by atoms with Crippen LogP contribution >= 0.6 is 0 Å². The highest BCUT2D eigenvalue weighted by atomic mass is 16.5. The predicted molar refractivity (Wildman–Crippen MR) is 123 cm³/mol. The number of carboxylic acids is 1. The third-order valence-corrected chi connectivity index (χ3v) is 6.22.